The molecule has 1 aliphatic heterocycles. The minimum Gasteiger partial charge on any atom is -0.493 e. The molecule has 0 saturated carbocycles. The predicted octanol–water partition coefficient (Wildman–Crippen LogP) is 2.32. The van der Waals surface area contributed by atoms with Crippen molar-refractivity contribution in [3.05, 3.63) is 48.0 Å². The second-order valence-electron chi connectivity index (χ2n) is 5.31. The van der Waals surface area contributed by atoms with Gasteiger partial charge in [-0.25, -0.2) is 4.98 Å². The third-order valence-electron chi connectivity index (χ3n) is 3.94. The quantitative estimate of drug-likeness (QED) is 0.927. The maximum atomic E-state index is 5.92. The molecule has 106 valence electrons. The summed E-state index contributed by atoms with van der Waals surface area (Å²) >= 11 is 0. The van der Waals surface area contributed by atoms with Crippen LogP contribution < -0.4 is 10.1 Å². The lowest BCUT2D eigenvalue weighted by Crippen LogP contribution is -2.36. The number of imidazole rings is 1. The highest BCUT2D eigenvalue weighted by Crippen LogP contribution is 2.32. The first-order chi connectivity index (χ1) is 9.79. The third-order valence-corrected chi connectivity index (χ3v) is 3.94. The van der Waals surface area contributed by atoms with Crippen molar-refractivity contribution >= 4 is 0 Å². The molecule has 0 spiro atoms. The molecule has 0 bridgehead atoms. The summed E-state index contributed by atoms with van der Waals surface area (Å²) in [5, 5.41) is 3.56. The van der Waals surface area contributed by atoms with Gasteiger partial charge >= 0.3 is 0 Å². The van der Waals surface area contributed by atoms with Gasteiger partial charge in [0.2, 0.25) is 0 Å². The normalized spacial score (nSPS) is 19.2. The zero-order valence-electron chi connectivity index (χ0n) is 12.0. The van der Waals surface area contributed by atoms with Gasteiger partial charge in [-0.05, 0) is 24.6 Å². The van der Waals surface area contributed by atoms with E-state index in [1.807, 2.05) is 25.5 Å². The highest BCUT2D eigenvalue weighted by Gasteiger charge is 2.30. The van der Waals surface area contributed by atoms with Crippen LogP contribution in [0.4, 0.5) is 0 Å². The Bertz CT molecular complexity index is 579. The molecule has 1 N–H and O–H groups in total. The molecule has 2 aromatic rings. The summed E-state index contributed by atoms with van der Waals surface area (Å²) in [6.45, 7) is 3.80. The van der Waals surface area contributed by atoms with Crippen molar-refractivity contribution in [2.24, 2.45) is 13.0 Å². The summed E-state index contributed by atoms with van der Waals surface area (Å²) in [5.74, 6) is 2.52. The molecule has 0 aliphatic carbocycles. The second-order valence-corrected chi connectivity index (χ2v) is 5.31. The van der Waals surface area contributed by atoms with Crippen molar-refractivity contribution in [2.45, 2.75) is 19.4 Å². The maximum absolute atomic E-state index is 5.92. The monoisotopic (exact) mass is 271 g/mol. The Labute approximate surface area is 119 Å². The highest BCUT2D eigenvalue weighted by atomic mass is 16.5. The van der Waals surface area contributed by atoms with Crippen LogP contribution >= 0.6 is 0 Å². The van der Waals surface area contributed by atoms with E-state index in [2.05, 4.69) is 40.0 Å². The van der Waals surface area contributed by atoms with Crippen LogP contribution in [0.5, 0.6) is 5.75 Å². The van der Waals surface area contributed by atoms with E-state index >= 15 is 0 Å². The molecule has 4 nitrogen and oxygen atoms in total. The van der Waals surface area contributed by atoms with Gasteiger partial charge in [0, 0.05) is 25.4 Å². The van der Waals surface area contributed by atoms with Gasteiger partial charge in [0.25, 0.3) is 0 Å². The Morgan fingerprint density at radius 1 is 1.45 bits per heavy atom. The average Bonchev–Trinajstić information content (AvgIpc) is 2.90. The number of hydrogen-bond acceptors (Lipinski definition) is 3. The van der Waals surface area contributed by atoms with Crippen LogP contribution in [0, 0.1) is 5.92 Å². The predicted molar refractivity (Wildman–Crippen MR) is 78.8 cm³/mol. The molecule has 0 saturated heterocycles. The van der Waals surface area contributed by atoms with Crippen molar-refractivity contribution < 1.29 is 4.74 Å². The number of hydrogen-bond donors (Lipinski definition) is 1. The van der Waals surface area contributed by atoms with Crippen LogP contribution in [0.2, 0.25) is 0 Å². The van der Waals surface area contributed by atoms with Crippen LogP contribution in [0.15, 0.2) is 36.7 Å². The van der Waals surface area contributed by atoms with Crippen LogP contribution in [-0.4, -0.2) is 22.7 Å². The summed E-state index contributed by atoms with van der Waals surface area (Å²) in [6, 6.07) is 8.54. The molecule has 1 aliphatic rings. The van der Waals surface area contributed by atoms with Crippen molar-refractivity contribution in [2.75, 3.05) is 13.2 Å². The Morgan fingerprint density at radius 3 is 3.05 bits per heavy atom. The van der Waals surface area contributed by atoms with E-state index < -0.39 is 0 Å². The molecule has 3 rings (SSSR count). The van der Waals surface area contributed by atoms with Crippen molar-refractivity contribution in [3.63, 3.8) is 0 Å². The first-order valence-corrected chi connectivity index (χ1v) is 7.21. The Kier molecular flexibility index (Phi) is 3.74. The van der Waals surface area contributed by atoms with E-state index in [-0.39, 0.29) is 6.04 Å². The summed E-state index contributed by atoms with van der Waals surface area (Å²) in [6.07, 6.45) is 4.88. The molecule has 0 radical (unpaired) electrons. The van der Waals surface area contributed by atoms with Gasteiger partial charge in [-0.15, -0.1) is 0 Å². The minimum absolute atomic E-state index is 0.230. The average molecular weight is 271 g/mol. The maximum Gasteiger partial charge on any atom is 0.126 e. The standard InChI is InChI=1S/C16H21N3O/c1-3-17-15(16-18-8-9-19(16)2)13-10-12-6-4-5-7-14(12)20-11-13/h4-9,13,15,17H,3,10-11H2,1-2H3. The van der Waals surface area contributed by atoms with E-state index in [1.165, 1.54) is 5.56 Å². The number of nitrogens with zero attached hydrogens (tertiary/aromatic N) is 2. The van der Waals surface area contributed by atoms with Crippen molar-refractivity contribution in [1.29, 1.82) is 0 Å². The van der Waals surface area contributed by atoms with E-state index in [9.17, 15) is 0 Å². The van der Waals surface area contributed by atoms with E-state index in [0.29, 0.717) is 5.92 Å². The van der Waals surface area contributed by atoms with Crippen LogP contribution in [0.25, 0.3) is 0 Å². The minimum atomic E-state index is 0.230. The van der Waals surface area contributed by atoms with Gasteiger partial charge in [-0.3, -0.25) is 0 Å². The highest BCUT2D eigenvalue weighted by molar-refractivity contribution is 5.35. The number of fused-ring (bicyclic) bond motifs is 1. The van der Waals surface area contributed by atoms with Gasteiger partial charge in [0.1, 0.15) is 11.6 Å². The van der Waals surface area contributed by atoms with Crippen molar-refractivity contribution in [1.82, 2.24) is 14.9 Å². The Balaban J connectivity index is 1.85. The lowest BCUT2D eigenvalue weighted by molar-refractivity contribution is 0.180. The smallest absolute Gasteiger partial charge is 0.126 e. The summed E-state index contributed by atoms with van der Waals surface area (Å²) in [7, 11) is 2.05. The SMILES string of the molecule is CCNC(c1nccn1C)C1COc2ccccc2C1. The van der Waals surface area contributed by atoms with E-state index in [4.69, 9.17) is 4.74 Å². The van der Waals surface area contributed by atoms with Gasteiger partial charge < -0.3 is 14.6 Å². The number of rotatable bonds is 4. The zero-order chi connectivity index (χ0) is 13.9. The largest absolute Gasteiger partial charge is 0.493 e. The molecule has 2 unspecified atom stereocenters. The third kappa shape index (κ3) is 2.43. The number of para-hydroxylation sites is 1. The first kappa shape index (κ1) is 13.2. The molecule has 0 amide bonds. The Morgan fingerprint density at radius 2 is 2.30 bits per heavy atom. The van der Waals surface area contributed by atoms with Gasteiger partial charge in [-0.1, -0.05) is 25.1 Å². The summed E-state index contributed by atoms with van der Waals surface area (Å²) < 4.78 is 8.02. The lowest BCUT2D eigenvalue weighted by Gasteiger charge is -2.31. The first-order valence-electron chi connectivity index (χ1n) is 7.21. The number of nitrogens with one attached hydrogen (secondary N) is 1. The molecule has 20 heavy (non-hydrogen) atoms. The number of benzene rings is 1. The lowest BCUT2D eigenvalue weighted by atomic mass is 9.89. The fourth-order valence-electron chi connectivity index (χ4n) is 2.93. The molecule has 2 heterocycles. The number of ether oxygens (including phenoxy) is 1. The molecule has 1 aromatic heterocycles. The summed E-state index contributed by atoms with van der Waals surface area (Å²) in [4.78, 5) is 4.51. The van der Waals surface area contributed by atoms with Gasteiger partial charge in [0.15, 0.2) is 0 Å². The zero-order valence-corrected chi connectivity index (χ0v) is 12.0. The molecule has 0 fully saturated rings. The topological polar surface area (TPSA) is 39.1 Å². The number of aryl methyl sites for hydroxylation is 1. The Hall–Kier alpha value is -1.81. The van der Waals surface area contributed by atoms with E-state index in [1.54, 1.807) is 0 Å². The number of aromatic nitrogens is 2. The molecule has 1 aromatic carbocycles. The van der Waals surface area contributed by atoms with Crippen molar-refractivity contribution in [3.8, 4) is 5.75 Å². The molecular weight excluding hydrogens is 250 g/mol. The van der Waals surface area contributed by atoms with Gasteiger partial charge in [0.05, 0.1) is 12.6 Å². The van der Waals surface area contributed by atoms with Crippen LogP contribution in [0.1, 0.15) is 24.4 Å². The molecule has 2 atom stereocenters. The second kappa shape index (κ2) is 5.67. The van der Waals surface area contributed by atoms with Crippen LogP contribution in [0.3, 0.4) is 0 Å². The van der Waals surface area contributed by atoms with E-state index in [0.717, 1.165) is 31.1 Å². The van der Waals surface area contributed by atoms with Crippen LogP contribution in [-0.2, 0) is 13.5 Å². The molecular formula is C16H21N3O. The molecule has 4 heteroatoms. The fourth-order valence-corrected chi connectivity index (χ4v) is 2.93. The fraction of sp³-hybridized carbons (Fsp3) is 0.438. The summed E-state index contributed by atoms with van der Waals surface area (Å²) in [5.41, 5.74) is 1.29. The van der Waals surface area contributed by atoms with Gasteiger partial charge in [-0.2, -0.15) is 0 Å².